The van der Waals surface area contributed by atoms with Crippen molar-refractivity contribution in [3.05, 3.63) is 47.9 Å². The third kappa shape index (κ3) is 2.63. The fourth-order valence-electron chi connectivity index (χ4n) is 1.57. The number of carbonyl (C=O) groups is 1. The summed E-state index contributed by atoms with van der Waals surface area (Å²) in [6.07, 6.45) is 3.18. The number of nitrogens with zero attached hydrogens (tertiary/aromatic N) is 2. The Morgan fingerprint density at radius 2 is 2.11 bits per heavy atom. The first-order valence-electron chi connectivity index (χ1n) is 5.57. The van der Waals surface area contributed by atoms with Crippen molar-refractivity contribution in [1.29, 1.82) is 0 Å². The number of amides is 1. The maximum atomic E-state index is 12.1. The fraction of sp³-hybridized carbons (Fsp3) is 0.154. The third-order valence-corrected chi connectivity index (χ3v) is 2.46. The van der Waals surface area contributed by atoms with E-state index in [2.05, 4.69) is 20.6 Å². The summed E-state index contributed by atoms with van der Waals surface area (Å²) in [4.78, 5) is 20.2. The van der Waals surface area contributed by atoms with Crippen LogP contribution in [0.3, 0.4) is 0 Å². The maximum Gasteiger partial charge on any atom is 0.260 e. The van der Waals surface area contributed by atoms with Crippen molar-refractivity contribution in [2.45, 2.75) is 6.92 Å². The van der Waals surface area contributed by atoms with Gasteiger partial charge in [0.05, 0.1) is 11.3 Å². The van der Waals surface area contributed by atoms with Crippen LogP contribution in [0, 0.1) is 6.92 Å². The Hall–Kier alpha value is -2.43. The van der Waals surface area contributed by atoms with Crippen molar-refractivity contribution in [3.63, 3.8) is 0 Å². The Kier molecular flexibility index (Phi) is 3.52. The first kappa shape index (κ1) is 12.0. The average molecular weight is 242 g/mol. The minimum Gasteiger partial charge on any atom is -0.387 e. The zero-order chi connectivity index (χ0) is 13.0. The molecule has 0 atom stereocenters. The molecule has 2 aromatic heterocycles. The van der Waals surface area contributed by atoms with Crippen molar-refractivity contribution >= 4 is 17.4 Å². The molecule has 0 saturated carbocycles. The molecule has 0 unspecified atom stereocenters. The number of carbonyl (C=O) groups excluding carboxylic acids is 1. The first-order valence-corrected chi connectivity index (χ1v) is 5.57. The van der Waals surface area contributed by atoms with E-state index in [0.717, 1.165) is 11.4 Å². The smallest absolute Gasteiger partial charge is 0.260 e. The normalized spacial score (nSPS) is 9.89. The van der Waals surface area contributed by atoms with Gasteiger partial charge in [-0.1, -0.05) is 6.07 Å². The van der Waals surface area contributed by atoms with Crippen LogP contribution in [-0.4, -0.2) is 22.9 Å². The second-order valence-corrected chi connectivity index (χ2v) is 3.79. The van der Waals surface area contributed by atoms with Gasteiger partial charge in [-0.05, 0) is 25.1 Å². The highest BCUT2D eigenvalue weighted by Gasteiger charge is 2.12. The van der Waals surface area contributed by atoms with Crippen LogP contribution < -0.4 is 10.6 Å². The fourth-order valence-corrected chi connectivity index (χ4v) is 1.57. The van der Waals surface area contributed by atoms with E-state index in [4.69, 9.17) is 0 Å². The highest BCUT2D eigenvalue weighted by Crippen LogP contribution is 2.16. The molecule has 0 aliphatic heterocycles. The molecule has 92 valence electrons. The lowest BCUT2D eigenvalue weighted by Gasteiger charge is -2.09. The van der Waals surface area contributed by atoms with Crippen LogP contribution in [-0.2, 0) is 0 Å². The van der Waals surface area contributed by atoms with Gasteiger partial charge in [-0.25, -0.2) is 4.98 Å². The van der Waals surface area contributed by atoms with Crippen molar-refractivity contribution in [1.82, 2.24) is 9.97 Å². The van der Waals surface area contributed by atoms with Gasteiger partial charge in [0.2, 0.25) is 0 Å². The predicted molar refractivity (Wildman–Crippen MR) is 70.7 cm³/mol. The molecule has 2 rings (SSSR count). The quantitative estimate of drug-likeness (QED) is 0.864. The van der Waals surface area contributed by atoms with Gasteiger partial charge in [0.1, 0.15) is 5.82 Å². The lowest BCUT2D eigenvalue weighted by atomic mass is 10.2. The number of aromatic nitrogens is 2. The second-order valence-electron chi connectivity index (χ2n) is 3.79. The van der Waals surface area contributed by atoms with Crippen LogP contribution >= 0.6 is 0 Å². The molecule has 1 amide bonds. The molecule has 0 fully saturated rings. The van der Waals surface area contributed by atoms with E-state index in [1.165, 1.54) is 0 Å². The monoisotopic (exact) mass is 242 g/mol. The van der Waals surface area contributed by atoms with Gasteiger partial charge in [-0.2, -0.15) is 0 Å². The Labute approximate surface area is 105 Å². The van der Waals surface area contributed by atoms with E-state index in [1.807, 2.05) is 19.1 Å². The summed E-state index contributed by atoms with van der Waals surface area (Å²) < 4.78 is 0. The van der Waals surface area contributed by atoms with Gasteiger partial charge in [0.25, 0.3) is 5.91 Å². The molecule has 2 N–H and O–H groups in total. The molecule has 0 aliphatic carbocycles. The Balaban J connectivity index is 2.24. The van der Waals surface area contributed by atoms with Crippen LogP contribution in [0.2, 0.25) is 0 Å². The average Bonchev–Trinajstić information content (AvgIpc) is 2.39. The number of anilines is 2. The molecule has 2 heterocycles. The Bertz CT molecular complexity index is 554. The summed E-state index contributed by atoms with van der Waals surface area (Å²) in [7, 11) is 1.77. The van der Waals surface area contributed by atoms with Crippen LogP contribution in [0.5, 0.6) is 0 Å². The summed E-state index contributed by atoms with van der Waals surface area (Å²) in [5, 5.41) is 5.70. The number of rotatable bonds is 3. The minimum absolute atomic E-state index is 0.231. The molecular weight excluding hydrogens is 228 g/mol. The first-order chi connectivity index (χ1) is 8.70. The van der Waals surface area contributed by atoms with Gasteiger partial charge in [-0.15, -0.1) is 0 Å². The number of aryl methyl sites for hydroxylation is 1. The topological polar surface area (TPSA) is 66.9 Å². The van der Waals surface area contributed by atoms with Gasteiger partial charge >= 0.3 is 0 Å². The highest BCUT2D eigenvalue weighted by molar-refractivity contribution is 6.07. The van der Waals surface area contributed by atoms with Gasteiger partial charge in [0.15, 0.2) is 0 Å². The second kappa shape index (κ2) is 5.27. The van der Waals surface area contributed by atoms with E-state index in [0.29, 0.717) is 11.4 Å². The molecule has 0 saturated heterocycles. The number of hydrogen-bond acceptors (Lipinski definition) is 4. The minimum atomic E-state index is -0.231. The molecule has 0 aliphatic rings. The molecule has 0 aromatic carbocycles. The molecular formula is C13H14N4O. The zero-order valence-corrected chi connectivity index (χ0v) is 10.3. The van der Waals surface area contributed by atoms with Crippen LogP contribution in [0.1, 0.15) is 16.1 Å². The van der Waals surface area contributed by atoms with Crippen molar-refractivity contribution in [3.8, 4) is 0 Å². The summed E-state index contributed by atoms with van der Waals surface area (Å²) in [6, 6.07) is 7.17. The molecule has 0 bridgehead atoms. The van der Waals surface area contributed by atoms with Gasteiger partial charge < -0.3 is 10.6 Å². The molecule has 5 nitrogen and oxygen atoms in total. The van der Waals surface area contributed by atoms with E-state index >= 15 is 0 Å². The van der Waals surface area contributed by atoms with E-state index in [9.17, 15) is 4.79 Å². The molecule has 5 heteroatoms. The third-order valence-electron chi connectivity index (χ3n) is 2.46. The van der Waals surface area contributed by atoms with Gasteiger partial charge in [-0.3, -0.25) is 9.78 Å². The number of nitrogens with one attached hydrogen (secondary N) is 2. The summed E-state index contributed by atoms with van der Waals surface area (Å²) in [5.74, 6) is 0.288. The number of pyridine rings is 2. The largest absolute Gasteiger partial charge is 0.387 e. The molecule has 2 aromatic rings. The SMILES string of the molecule is CNc1cc(C)ncc1C(=O)Nc1ccccn1. The lowest BCUT2D eigenvalue weighted by molar-refractivity contribution is 0.102. The summed E-state index contributed by atoms with van der Waals surface area (Å²) in [6.45, 7) is 1.88. The standard InChI is InChI=1S/C13H14N4O/c1-9-7-11(14-2)10(8-16-9)13(18)17-12-5-3-4-6-15-12/h3-8H,1-2H3,(H,14,16)(H,15,17,18). The maximum absolute atomic E-state index is 12.1. The van der Waals surface area contributed by atoms with Crippen molar-refractivity contribution in [2.24, 2.45) is 0 Å². The Morgan fingerprint density at radius 3 is 2.78 bits per heavy atom. The summed E-state index contributed by atoms with van der Waals surface area (Å²) in [5.41, 5.74) is 2.10. The zero-order valence-electron chi connectivity index (χ0n) is 10.3. The molecule has 0 spiro atoms. The predicted octanol–water partition coefficient (Wildman–Crippen LogP) is 2.08. The summed E-state index contributed by atoms with van der Waals surface area (Å²) >= 11 is 0. The van der Waals surface area contributed by atoms with E-state index in [1.54, 1.807) is 31.6 Å². The number of hydrogen-bond donors (Lipinski definition) is 2. The van der Waals surface area contributed by atoms with E-state index in [-0.39, 0.29) is 5.91 Å². The Morgan fingerprint density at radius 1 is 1.28 bits per heavy atom. The molecule has 18 heavy (non-hydrogen) atoms. The van der Waals surface area contributed by atoms with Crippen molar-refractivity contribution in [2.75, 3.05) is 17.7 Å². The van der Waals surface area contributed by atoms with E-state index < -0.39 is 0 Å². The van der Waals surface area contributed by atoms with Crippen LogP contribution in [0.4, 0.5) is 11.5 Å². The lowest BCUT2D eigenvalue weighted by Crippen LogP contribution is -2.15. The van der Waals surface area contributed by atoms with Crippen molar-refractivity contribution < 1.29 is 4.79 Å². The van der Waals surface area contributed by atoms with Gasteiger partial charge in [0, 0.05) is 25.1 Å². The highest BCUT2D eigenvalue weighted by atomic mass is 16.1. The molecule has 0 radical (unpaired) electrons. The van der Waals surface area contributed by atoms with Crippen LogP contribution in [0.25, 0.3) is 0 Å². The van der Waals surface area contributed by atoms with Crippen LogP contribution in [0.15, 0.2) is 36.7 Å².